The second kappa shape index (κ2) is 7.81. The summed E-state index contributed by atoms with van der Waals surface area (Å²) >= 11 is 0. The number of hydrogen-bond donors (Lipinski definition) is 2. The van der Waals surface area contributed by atoms with Crippen LogP contribution in [0.4, 0.5) is 13.2 Å². The summed E-state index contributed by atoms with van der Waals surface area (Å²) in [6.07, 6.45) is -3.45. The molecule has 1 aliphatic heterocycles. The molecule has 0 spiro atoms. The van der Waals surface area contributed by atoms with Crippen LogP contribution in [0.2, 0.25) is 0 Å². The number of halogens is 3. The fraction of sp³-hybridized carbons (Fsp3) is 0.600. The molecule has 1 aromatic carbocycles. The number of aliphatic hydroxyl groups excluding tert-OH is 1. The molecule has 1 atom stereocenters. The van der Waals surface area contributed by atoms with Gasteiger partial charge >= 0.3 is 6.18 Å². The van der Waals surface area contributed by atoms with Crippen LogP contribution in [-0.2, 0) is 20.9 Å². The standard InChI is InChI=1S/C15H20F3NO4S/c16-15(17,18)12-1-3-13(4-2-12)24(21,22)19-8-5-14(20)11-6-9-23-10-7-11/h1-4,11,14,19-20H,5-10H2/t14-/m0/s1. The topological polar surface area (TPSA) is 75.6 Å². The van der Waals surface area contributed by atoms with Gasteiger partial charge in [-0.15, -0.1) is 0 Å². The molecule has 0 radical (unpaired) electrons. The van der Waals surface area contributed by atoms with E-state index in [0.717, 1.165) is 37.1 Å². The van der Waals surface area contributed by atoms with Crippen molar-refractivity contribution in [2.45, 2.75) is 36.4 Å². The number of nitrogens with one attached hydrogen (secondary N) is 1. The van der Waals surface area contributed by atoms with Crippen molar-refractivity contribution in [2.24, 2.45) is 5.92 Å². The molecule has 24 heavy (non-hydrogen) atoms. The molecule has 0 unspecified atom stereocenters. The second-order valence-electron chi connectivity index (χ2n) is 5.73. The van der Waals surface area contributed by atoms with Crippen molar-refractivity contribution in [3.63, 3.8) is 0 Å². The first-order valence-electron chi connectivity index (χ1n) is 7.63. The van der Waals surface area contributed by atoms with E-state index >= 15 is 0 Å². The Labute approximate surface area is 138 Å². The lowest BCUT2D eigenvalue weighted by atomic mass is 9.92. The fourth-order valence-electron chi connectivity index (χ4n) is 2.58. The molecule has 1 fully saturated rings. The molecule has 1 saturated heterocycles. The van der Waals surface area contributed by atoms with Crippen molar-refractivity contribution in [1.82, 2.24) is 4.72 Å². The van der Waals surface area contributed by atoms with Crippen LogP contribution in [0, 0.1) is 5.92 Å². The third kappa shape index (κ3) is 5.17. The number of rotatable bonds is 6. The van der Waals surface area contributed by atoms with Gasteiger partial charge in [0.2, 0.25) is 10.0 Å². The van der Waals surface area contributed by atoms with Crippen molar-refractivity contribution in [3.8, 4) is 0 Å². The molecule has 1 heterocycles. The molecule has 2 rings (SSSR count). The van der Waals surface area contributed by atoms with Crippen molar-refractivity contribution >= 4 is 10.0 Å². The van der Waals surface area contributed by atoms with Crippen LogP contribution >= 0.6 is 0 Å². The highest BCUT2D eigenvalue weighted by molar-refractivity contribution is 7.89. The van der Waals surface area contributed by atoms with Crippen LogP contribution in [0.15, 0.2) is 29.2 Å². The van der Waals surface area contributed by atoms with Gasteiger partial charge in [-0.1, -0.05) is 0 Å². The molecule has 136 valence electrons. The minimum Gasteiger partial charge on any atom is -0.393 e. The Bertz CT molecular complexity index is 625. The van der Waals surface area contributed by atoms with E-state index < -0.39 is 27.9 Å². The predicted molar refractivity (Wildman–Crippen MR) is 80.8 cm³/mol. The number of sulfonamides is 1. The maximum atomic E-state index is 12.5. The van der Waals surface area contributed by atoms with Crippen molar-refractivity contribution in [2.75, 3.05) is 19.8 Å². The first-order chi connectivity index (χ1) is 11.2. The predicted octanol–water partition coefficient (Wildman–Crippen LogP) is 2.16. The highest BCUT2D eigenvalue weighted by Crippen LogP contribution is 2.29. The number of alkyl halides is 3. The normalized spacial score (nSPS) is 18.5. The van der Waals surface area contributed by atoms with Gasteiger partial charge < -0.3 is 9.84 Å². The Hall–Kier alpha value is -1.16. The smallest absolute Gasteiger partial charge is 0.393 e. The van der Waals surface area contributed by atoms with Crippen LogP contribution in [0.3, 0.4) is 0 Å². The lowest BCUT2D eigenvalue weighted by Crippen LogP contribution is -2.32. The lowest BCUT2D eigenvalue weighted by Gasteiger charge is -2.26. The number of aliphatic hydroxyl groups is 1. The van der Waals surface area contributed by atoms with Gasteiger partial charge in [-0.2, -0.15) is 13.2 Å². The average Bonchev–Trinajstić information content (AvgIpc) is 2.55. The Morgan fingerprint density at radius 2 is 1.79 bits per heavy atom. The van der Waals surface area contributed by atoms with Gasteiger partial charge in [0.25, 0.3) is 0 Å². The molecular weight excluding hydrogens is 347 g/mol. The van der Waals surface area contributed by atoms with E-state index in [9.17, 15) is 26.7 Å². The Morgan fingerprint density at radius 3 is 2.33 bits per heavy atom. The highest BCUT2D eigenvalue weighted by atomic mass is 32.2. The molecule has 0 saturated carbocycles. The quantitative estimate of drug-likeness (QED) is 0.808. The summed E-state index contributed by atoms with van der Waals surface area (Å²) in [5, 5.41) is 10.1. The van der Waals surface area contributed by atoms with E-state index in [0.29, 0.717) is 13.2 Å². The summed E-state index contributed by atoms with van der Waals surface area (Å²) < 4.78 is 69.1. The Kier molecular flexibility index (Phi) is 6.24. The van der Waals surface area contributed by atoms with Gasteiger partial charge in [-0.25, -0.2) is 13.1 Å². The fourth-order valence-corrected chi connectivity index (χ4v) is 3.63. The Balaban J connectivity index is 1.89. The summed E-state index contributed by atoms with van der Waals surface area (Å²) in [6, 6.07) is 3.29. The van der Waals surface area contributed by atoms with Gasteiger partial charge in [-0.05, 0) is 49.4 Å². The molecule has 0 aliphatic carbocycles. The molecule has 9 heteroatoms. The monoisotopic (exact) mass is 367 g/mol. The molecule has 1 aliphatic rings. The first-order valence-corrected chi connectivity index (χ1v) is 9.11. The van der Waals surface area contributed by atoms with Crippen LogP contribution in [-0.4, -0.2) is 39.4 Å². The largest absolute Gasteiger partial charge is 0.416 e. The zero-order valence-electron chi connectivity index (χ0n) is 12.9. The maximum absolute atomic E-state index is 12.5. The zero-order chi connectivity index (χ0) is 17.8. The maximum Gasteiger partial charge on any atom is 0.416 e. The van der Waals surface area contributed by atoms with E-state index in [1.165, 1.54) is 0 Å². The Morgan fingerprint density at radius 1 is 1.21 bits per heavy atom. The summed E-state index contributed by atoms with van der Waals surface area (Å²) in [4.78, 5) is -0.240. The molecule has 0 aromatic heterocycles. The van der Waals surface area contributed by atoms with Gasteiger partial charge in [-0.3, -0.25) is 0 Å². The van der Waals surface area contributed by atoms with Gasteiger partial charge in [0.1, 0.15) is 0 Å². The highest BCUT2D eigenvalue weighted by Gasteiger charge is 2.30. The minimum atomic E-state index is -4.51. The van der Waals surface area contributed by atoms with E-state index in [4.69, 9.17) is 4.74 Å². The van der Waals surface area contributed by atoms with E-state index in [1.807, 2.05) is 0 Å². The number of hydrogen-bond acceptors (Lipinski definition) is 4. The minimum absolute atomic E-state index is 0.0158. The van der Waals surface area contributed by atoms with Gasteiger partial charge in [0.05, 0.1) is 16.6 Å². The molecule has 2 N–H and O–H groups in total. The average molecular weight is 367 g/mol. The van der Waals surface area contributed by atoms with E-state index in [-0.39, 0.29) is 23.8 Å². The third-order valence-corrected chi connectivity index (χ3v) is 5.51. The SMILES string of the molecule is O=S(=O)(NCC[C@H](O)C1CCOCC1)c1ccc(C(F)(F)F)cc1. The summed E-state index contributed by atoms with van der Waals surface area (Å²) in [5.41, 5.74) is -0.906. The van der Waals surface area contributed by atoms with Gasteiger partial charge in [0.15, 0.2) is 0 Å². The van der Waals surface area contributed by atoms with Gasteiger partial charge in [0, 0.05) is 19.8 Å². The second-order valence-corrected chi connectivity index (χ2v) is 7.49. The third-order valence-electron chi connectivity index (χ3n) is 4.03. The molecule has 5 nitrogen and oxygen atoms in total. The van der Waals surface area contributed by atoms with Crippen LogP contribution in [0.25, 0.3) is 0 Å². The van der Waals surface area contributed by atoms with Crippen molar-refractivity contribution < 1.29 is 31.4 Å². The number of benzene rings is 1. The molecule has 1 aromatic rings. The number of ether oxygens (including phenoxy) is 1. The van der Waals surface area contributed by atoms with Crippen molar-refractivity contribution in [3.05, 3.63) is 29.8 Å². The van der Waals surface area contributed by atoms with Crippen LogP contribution in [0.1, 0.15) is 24.8 Å². The van der Waals surface area contributed by atoms with Crippen molar-refractivity contribution in [1.29, 1.82) is 0 Å². The molecule has 0 bridgehead atoms. The summed E-state index contributed by atoms with van der Waals surface area (Å²) in [5.74, 6) is 0.0781. The van der Waals surface area contributed by atoms with Crippen LogP contribution in [0.5, 0.6) is 0 Å². The lowest BCUT2D eigenvalue weighted by molar-refractivity contribution is -0.137. The van der Waals surface area contributed by atoms with E-state index in [2.05, 4.69) is 4.72 Å². The zero-order valence-corrected chi connectivity index (χ0v) is 13.7. The summed E-state index contributed by atoms with van der Waals surface area (Å²) in [6.45, 7) is 1.18. The van der Waals surface area contributed by atoms with Crippen LogP contribution < -0.4 is 4.72 Å². The first kappa shape index (κ1) is 19.2. The molecule has 0 amide bonds. The molecular formula is C15H20F3NO4S. The summed E-state index contributed by atoms with van der Waals surface area (Å²) in [7, 11) is -3.90. The van der Waals surface area contributed by atoms with E-state index in [1.54, 1.807) is 0 Å².